The fourth-order valence-electron chi connectivity index (χ4n) is 1.15. The van der Waals surface area contributed by atoms with Crippen LogP contribution in [-0.4, -0.2) is 17.3 Å². The molecule has 1 aliphatic heterocycles. The van der Waals surface area contributed by atoms with Gasteiger partial charge in [0.15, 0.2) is 0 Å². The molecule has 4 heteroatoms. The third kappa shape index (κ3) is 1.70. The van der Waals surface area contributed by atoms with Gasteiger partial charge in [-0.2, -0.15) is 0 Å². The van der Waals surface area contributed by atoms with Gasteiger partial charge in [0, 0.05) is 22.9 Å². The largest absolute Gasteiger partial charge is 0.478 e. The predicted octanol–water partition coefficient (Wildman–Crippen LogP) is 2.38. The molecule has 1 heterocycles. The first kappa shape index (κ1) is 9.02. The molecular formula is C10H7NO2S. The molecule has 0 atom stereocenters. The Bertz CT molecular complexity index is 438. The van der Waals surface area contributed by atoms with Gasteiger partial charge in [-0.05, 0) is 23.6 Å². The number of thioether (sulfide) groups is 1. The third-order valence-corrected chi connectivity index (χ3v) is 2.70. The predicted molar refractivity (Wildman–Crippen MR) is 56.0 cm³/mol. The van der Waals surface area contributed by atoms with Crippen molar-refractivity contribution in [3.63, 3.8) is 0 Å². The Kier molecular flexibility index (Phi) is 2.37. The Morgan fingerprint density at radius 1 is 1.43 bits per heavy atom. The van der Waals surface area contributed by atoms with E-state index in [4.69, 9.17) is 5.11 Å². The van der Waals surface area contributed by atoms with Crippen LogP contribution in [0, 0.1) is 0 Å². The normalized spacial score (nSPS) is 13.4. The number of fused-ring (bicyclic) bond motifs is 1. The summed E-state index contributed by atoms with van der Waals surface area (Å²) >= 11 is 1.53. The highest BCUT2D eigenvalue weighted by Crippen LogP contribution is 2.25. The molecule has 0 bridgehead atoms. The van der Waals surface area contributed by atoms with E-state index in [1.807, 2.05) is 5.41 Å². The fraction of sp³-hybridized carbons (Fsp3) is 0. The number of nitrogens with zero attached hydrogens (tertiary/aromatic N) is 1. The van der Waals surface area contributed by atoms with Crippen molar-refractivity contribution in [2.24, 2.45) is 4.99 Å². The third-order valence-electron chi connectivity index (χ3n) is 1.81. The maximum atomic E-state index is 10.7. The fourth-order valence-corrected chi connectivity index (χ4v) is 1.82. The summed E-state index contributed by atoms with van der Waals surface area (Å²) in [6, 6.07) is 5.02. The summed E-state index contributed by atoms with van der Waals surface area (Å²) in [7, 11) is 0. The van der Waals surface area contributed by atoms with Gasteiger partial charge < -0.3 is 5.11 Å². The zero-order valence-electron chi connectivity index (χ0n) is 7.18. The topological polar surface area (TPSA) is 49.7 Å². The van der Waals surface area contributed by atoms with Crippen LogP contribution < -0.4 is 0 Å². The van der Waals surface area contributed by atoms with Crippen LogP contribution >= 0.6 is 11.8 Å². The minimum absolute atomic E-state index is 0.290. The first-order valence-electron chi connectivity index (χ1n) is 3.99. The molecule has 0 unspecified atom stereocenters. The molecule has 1 aromatic carbocycles. The standard InChI is InChI=1S/C10H7NO2S/c12-10(13)7-1-2-9-8(5-7)6-11-3-4-14-9/h1-6H,(H,12,13). The van der Waals surface area contributed by atoms with E-state index in [1.165, 1.54) is 11.8 Å². The van der Waals surface area contributed by atoms with Crippen molar-refractivity contribution in [1.29, 1.82) is 0 Å². The van der Waals surface area contributed by atoms with Crippen molar-refractivity contribution in [3.8, 4) is 0 Å². The van der Waals surface area contributed by atoms with Gasteiger partial charge in [0.25, 0.3) is 0 Å². The second kappa shape index (κ2) is 3.67. The van der Waals surface area contributed by atoms with Gasteiger partial charge in [0.05, 0.1) is 5.56 Å². The number of carbonyl (C=O) groups is 1. The molecule has 1 aliphatic rings. The molecule has 0 amide bonds. The van der Waals surface area contributed by atoms with Crippen molar-refractivity contribution in [2.45, 2.75) is 4.90 Å². The highest BCUT2D eigenvalue weighted by molar-refractivity contribution is 8.02. The monoisotopic (exact) mass is 205 g/mol. The summed E-state index contributed by atoms with van der Waals surface area (Å²) in [5.41, 5.74) is 1.14. The first-order valence-corrected chi connectivity index (χ1v) is 4.87. The van der Waals surface area contributed by atoms with E-state index < -0.39 is 5.97 Å². The van der Waals surface area contributed by atoms with Crippen molar-refractivity contribution >= 4 is 23.9 Å². The Labute approximate surface area is 85.2 Å². The van der Waals surface area contributed by atoms with Crippen molar-refractivity contribution < 1.29 is 9.90 Å². The zero-order chi connectivity index (χ0) is 9.97. The van der Waals surface area contributed by atoms with Gasteiger partial charge in [-0.1, -0.05) is 11.8 Å². The maximum absolute atomic E-state index is 10.7. The van der Waals surface area contributed by atoms with Gasteiger partial charge in [-0.3, -0.25) is 4.99 Å². The minimum atomic E-state index is -0.914. The zero-order valence-corrected chi connectivity index (χ0v) is 7.99. The molecule has 0 spiro atoms. The second-order valence-corrected chi connectivity index (χ2v) is 3.69. The molecule has 0 fully saturated rings. The Morgan fingerprint density at radius 3 is 3.07 bits per heavy atom. The molecular weight excluding hydrogens is 198 g/mol. The van der Waals surface area contributed by atoms with Gasteiger partial charge in [-0.25, -0.2) is 4.79 Å². The summed E-state index contributed by atoms with van der Waals surface area (Å²) in [6.45, 7) is 0. The number of hydrogen-bond acceptors (Lipinski definition) is 3. The van der Waals surface area contributed by atoms with E-state index in [2.05, 4.69) is 4.99 Å². The summed E-state index contributed by atoms with van der Waals surface area (Å²) in [5, 5.41) is 10.7. The molecule has 1 aromatic rings. The highest BCUT2D eigenvalue weighted by atomic mass is 32.2. The summed E-state index contributed by atoms with van der Waals surface area (Å²) < 4.78 is 0. The molecule has 2 rings (SSSR count). The average molecular weight is 205 g/mol. The van der Waals surface area contributed by atoms with E-state index in [0.29, 0.717) is 0 Å². The van der Waals surface area contributed by atoms with Crippen LogP contribution in [0.1, 0.15) is 15.9 Å². The van der Waals surface area contributed by atoms with Crippen molar-refractivity contribution in [1.82, 2.24) is 0 Å². The molecule has 70 valence electrons. The summed E-state index contributed by atoms with van der Waals surface area (Å²) in [6.07, 6.45) is 3.35. The lowest BCUT2D eigenvalue weighted by Crippen LogP contribution is -1.97. The van der Waals surface area contributed by atoms with Gasteiger partial charge >= 0.3 is 5.97 Å². The van der Waals surface area contributed by atoms with Crippen LogP contribution in [0.4, 0.5) is 0 Å². The summed E-state index contributed by atoms with van der Waals surface area (Å²) in [5.74, 6) is -0.914. The van der Waals surface area contributed by atoms with Crippen LogP contribution in [-0.2, 0) is 0 Å². The number of benzene rings is 1. The quantitative estimate of drug-likeness (QED) is 0.765. The summed E-state index contributed by atoms with van der Waals surface area (Å²) in [4.78, 5) is 15.7. The average Bonchev–Trinajstić information content (AvgIpc) is 2.41. The smallest absolute Gasteiger partial charge is 0.335 e. The van der Waals surface area contributed by atoms with Gasteiger partial charge in [0.2, 0.25) is 0 Å². The van der Waals surface area contributed by atoms with Crippen molar-refractivity contribution in [2.75, 3.05) is 0 Å². The second-order valence-electron chi connectivity index (χ2n) is 2.74. The molecule has 1 N–H and O–H groups in total. The van der Waals surface area contributed by atoms with E-state index in [0.717, 1.165) is 10.5 Å². The molecule has 3 nitrogen and oxygen atoms in total. The van der Waals surface area contributed by atoms with E-state index in [1.54, 1.807) is 30.6 Å². The minimum Gasteiger partial charge on any atom is -0.478 e. The molecule has 0 aliphatic carbocycles. The Morgan fingerprint density at radius 2 is 2.29 bits per heavy atom. The molecule has 0 saturated heterocycles. The van der Waals surface area contributed by atoms with Crippen LogP contribution in [0.3, 0.4) is 0 Å². The molecule has 0 aromatic heterocycles. The lowest BCUT2D eigenvalue weighted by molar-refractivity contribution is 0.0697. The Balaban J connectivity index is 2.49. The van der Waals surface area contributed by atoms with Crippen LogP contribution in [0.15, 0.2) is 39.7 Å². The van der Waals surface area contributed by atoms with Crippen LogP contribution in [0.2, 0.25) is 0 Å². The van der Waals surface area contributed by atoms with Gasteiger partial charge in [0.1, 0.15) is 0 Å². The lowest BCUT2D eigenvalue weighted by Gasteiger charge is -2.01. The first-order chi connectivity index (χ1) is 6.77. The maximum Gasteiger partial charge on any atom is 0.335 e. The van der Waals surface area contributed by atoms with Crippen LogP contribution in [0.5, 0.6) is 0 Å². The van der Waals surface area contributed by atoms with E-state index in [9.17, 15) is 4.79 Å². The lowest BCUT2D eigenvalue weighted by atomic mass is 10.1. The molecule has 0 saturated carbocycles. The van der Waals surface area contributed by atoms with Crippen LogP contribution in [0.25, 0.3) is 0 Å². The number of carboxylic acids is 1. The molecule has 0 radical (unpaired) electrons. The van der Waals surface area contributed by atoms with Gasteiger partial charge in [-0.15, -0.1) is 0 Å². The highest BCUT2D eigenvalue weighted by Gasteiger charge is 2.07. The molecule has 14 heavy (non-hydrogen) atoms. The number of carboxylic acid groups (broad SMARTS) is 1. The number of aliphatic imine (C=N–C) groups is 1. The Hall–Kier alpha value is -1.55. The number of aromatic carboxylic acids is 1. The van der Waals surface area contributed by atoms with Crippen molar-refractivity contribution in [3.05, 3.63) is 40.9 Å². The SMILES string of the molecule is O=C(O)c1ccc2c(c1)C=NC=CS2. The van der Waals surface area contributed by atoms with E-state index >= 15 is 0 Å². The van der Waals surface area contributed by atoms with E-state index in [-0.39, 0.29) is 5.56 Å². The number of hydrogen-bond donors (Lipinski definition) is 1. The number of rotatable bonds is 1.